The number of ether oxygens (including phenoxy) is 1. The quantitative estimate of drug-likeness (QED) is 0.364. The average Bonchev–Trinajstić information content (AvgIpc) is 2.81. The summed E-state index contributed by atoms with van der Waals surface area (Å²) in [5.41, 5.74) is 12.3. The molecular formula is C29H36N2O2. The Morgan fingerprint density at radius 1 is 1.03 bits per heavy atom. The van der Waals surface area contributed by atoms with Crippen LogP contribution in [0.15, 0.2) is 66.7 Å². The molecule has 3 aromatic rings. The second-order valence-electron chi connectivity index (χ2n) is 9.93. The molecule has 174 valence electrons. The van der Waals surface area contributed by atoms with Crippen molar-refractivity contribution in [3.63, 3.8) is 0 Å². The van der Waals surface area contributed by atoms with Crippen LogP contribution < -0.4 is 15.8 Å². The van der Waals surface area contributed by atoms with E-state index in [1.165, 1.54) is 27.9 Å². The number of benzene rings is 3. The topological polar surface area (TPSA) is 67.5 Å². The number of phenols is 1. The van der Waals surface area contributed by atoms with Gasteiger partial charge in [0.25, 0.3) is 0 Å². The molecule has 0 bridgehead atoms. The number of rotatable bonds is 9. The first-order valence-electron chi connectivity index (χ1n) is 12.0. The van der Waals surface area contributed by atoms with Crippen molar-refractivity contribution in [2.45, 2.75) is 57.4 Å². The molecule has 4 nitrogen and oxygen atoms in total. The average molecular weight is 445 g/mol. The van der Waals surface area contributed by atoms with Crippen LogP contribution in [0.2, 0.25) is 0 Å². The maximum atomic E-state index is 9.76. The summed E-state index contributed by atoms with van der Waals surface area (Å²) in [5.74, 6) is 1.75. The molecule has 0 unspecified atom stereocenters. The van der Waals surface area contributed by atoms with E-state index in [9.17, 15) is 5.11 Å². The summed E-state index contributed by atoms with van der Waals surface area (Å²) in [5, 5.41) is 13.4. The molecule has 0 spiro atoms. The molecule has 0 aromatic heterocycles. The lowest BCUT2D eigenvalue weighted by molar-refractivity contribution is 0.243. The van der Waals surface area contributed by atoms with E-state index in [0.29, 0.717) is 18.3 Å². The first-order chi connectivity index (χ1) is 15.9. The number of hydrogen-bond donors (Lipinski definition) is 3. The summed E-state index contributed by atoms with van der Waals surface area (Å²) < 4.78 is 5.76. The zero-order chi connectivity index (χ0) is 23.3. The van der Waals surface area contributed by atoms with Gasteiger partial charge in [0, 0.05) is 17.8 Å². The third-order valence-corrected chi connectivity index (χ3v) is 6.31. The fourth-order valence-corrected chi connectivity index (χ4v) is 4.56. The van der Waals surface area contributed by atoms with Crippen molar-refractivity contribution in [1.29, 1.82) is 0 Å². The number of phenolic OH excluding ortho intramolecular Hbond substituents is 1. The van der Waals surface area contributed by atoms with Crippen molar-refractivity contribution < 1.29 is 9.84 Å². The van der Waals surface area contributed by atoms with Gasteiger partial charge in [-0.05, 0) is 104 Å². The fraction of sp³-hybridized carbons (Fsp3) is 0.379. The van der Waals surface area contributed by atoms with Crippen molar-refractivity contribution in [3.8, 4) is 11.5 Å². The van der Waals surface area contributed by atoms with Gasteiger partial charge in [0.05, 0.1) is 0 Å². The lowest BCUT2D eigenvalue weighted by Gasteiger charge is -2.27. The van der Waals surface area contributed by atoms with E-state index in [-0.39, 0.29) is 5.54 Å². The minimum atomic E-state index is -0.329. The molecule has 0 saturated heterocycles. The summed E-state index contributed by atoms with van der Waals surface area (Å²) in [6.07, 6.45) is 5.26. The maximum Gasteiger partial charge on any atom is 0.119 e. The van der Waals surface area contributed by atoms with Crippen LogP contribution in [0.25, 0.3) is 0 Å². The number of para-hydroxylation sites is 1. The first-order valence-corrected chi connectivity index (χ1v) is 12.0. The Bertz CT molecular complexity index is 1050. The zero-order valence-electron chi connectivity index (χ0n) is 19.8. The molecule has 0 amide bonds. The number of nitrogens with one attached hydrogen (secondary N) is 1. The van der Waals surface area contributed by atoms with Gasteiger partial charge in [-0.25, -0.2) is 0 Å². The van der Waals surface area contributed by atoms with Crippen molar-refractivity contribution in [2.75, 3.05) is 18.5 Å². The standard InChI is InChI=1S/C29H36N2O2/c1-29(2,30)20-33-26-15-9-21(10-16-26)6-5-17-31-28-8-4-3-7-27(28)24-12-11-23-19-25(32)14-13-22(23)18-24/h3-4,7-10,13-16,19,24,31-32H,5-6,11-12,17-18,20,30H2,1-2H3/t24-/m0/s1. The summed E-state index contributed by atoms with van der Waals surface area (Å²) >= 11 is 0. The van der Waals surface area contributed by atoms with Crippen molar-refractivity contribution >= 4 is 5.69 Å². The molecule has 1 aliphatic carbocycles. The van der Waals surface area contributed by atoms with Crippen LogP contribution in [0, 0.1) is 0 Å². The van der Waals surface area contributed by atoms with Gasteiger partial charge in [0.1, 0.15) is 18.1 Å². The lowest BCUT2D eigenvalue weighted by atomic mass is 9.79. The van der Waals surface area contributed by atoms with Crippen LogP contribution >= 0.6 is 0 Å². The van der Waals surface area contributed by atoms with Crippen LogP contribution in [-0.2, 0) is 19.3 Å². The van der Waals surface area contributed by atoms with Crippen molar-refractivity contribution in [3.05, 3.63) is 89.0 Å². The summed E-state index contributed by atoms with van der Waals surface area (Å²) in [6.45, 7) is 5.37. The molecule has 1 atom stereocenters. The molecule has 0 fully saturated rings. The van der Waals surface area contributed by atoms with Gasteiger partial charge >= 0.3 is 0 Å². The van der Waals surface area contributed by atoms with Gasteiger partial charge in [-0.3, -0.25) is 0 Å². The highest BCUT2D eigenvalue weighted by Gasteiger charge is 2.22. The highest BCUT2D eigenvalue weighted by Crippen LogP contribution is 2.37. The highest BCUT2D eigenvalue weighted by atomic mass is 16.5. The molecule has 0 saturated carbocycles. The normalized spacial score (nSPS) is 15.7. The second kappa shape index (κ2) is 10.3. The lowest BCUT2D eigenvalue weighted by Crippen LogP contribution is -2.38. The molecule has 0 heterocycles. The van der Waals surface area contributed by atoms with Crippen LogP contribution in [0.4, 0.5) is 5.69 Å². The molecule has 4 N–H and O–H groups in total. The summed E-state index contributed by atoms with van der Waals surface area (Å²) in [7, 11) is 0. The molecule has 0 radical (unpaired) electrons. The predicted octanol–water partition coefficient (Wildman–Crippen LogP) is 5.83. The van der Waals surface area contributed by atoms with Crippen molar-refractivity contribution in [2.24, 2.45) is 5.73 Å². The monoisotopic (exact) mass is 444 g/mol. The van der Waals surface area contributed by atoms with Gasteiger partial charge in [0.15, 0.2) is 0 Å². The number of aryl methyl sites for hydroxylation is 2. The molecule has 0 aliphatic heterocycles. The van der Waals surface area contributed by atoms with Gasteiger partial charge in [-0.15, -0.1) is 0 Å². The van der Waals surface area contributed by atoms with E-state index >= 15 is 0 Å². The van der Waals surface area contributed by atoms with E-state index in [4.69, 9.17) is 10.5 Å². The Labute approximate surface area is 197 Å². The van der Waals surface area contributed by atoms with Crippen molar-refractivity contribution in [1.82, 2.24) is 0 Å². The van der Waals surface area contributed by atoms with E-state index in [2.05, 4.69) is 47.8 Å². The Kier molecular flexibility index (Phi) is 7.24. The summed E-state index contributed by atoms with van der Waals surface area (Å²) in [6, 6.07) is 22.9. The van der Waals surface area contributed by atoms with E-state index < -0.39 is 0 Å². The largest absolute Gasteiger partial charge is 0.508 e. The van der Waals surface area contributed by atoms with Gasteiger partial charge < -0.3 is 20.9 Å². The number of fused-ring (bicyclic) bond motifs is 1. The van der Waals surface area contributed by atoms with Gasteiger partial charge in [-0.1, -0.05) is 36.4 Å². The molecule has 33 heavy (non-hydrogen) atoms. The second-order valence-corrected chi connectivity index (χ2v) is 9.93. The predicted molar refractivity (Wildman–Crippen MR) is 136 cm³/mol. The van der Waals surface area contributed by atoms with Crippen LogP contribution in [-0.4, -0.2) is 23.8 Å². The van der Waals surface area contributed by atoms with Crippen LogP contribution in [0.5, 0.6) is 11.5 Å². The SMILES string of the molecule is CC(C)(N)COc1ccc(CCCNc2ccccc2[C@H]2CCc3cc(O)ccc3C2)cc1. The maximum absolute atomic E-state index is 9.76. The Hall–Kier alpha value is -2.98. The van der Waals surface area contributed by atoms with E-state index in [1.807, 2.05) is 38.1 Å². The number of nitrogens with two attached hydrogens (primary N) is 1. The fourth-order valence-electron chi connectivity index (χ4n) is 4.56. The zero-order valence-corrected chi connectivity index (χ0v) is 19.8. The molecule has 4 rings (SSSR count). The van der Waals surface area contributed by atoms with Crippen LogP contribution in [0.3, 0.4) is 0 Å². The number of anilines is 1. The van der Waals surface area contributed by atoms with Gasteiger partial charge in [0.2, 0.25) is 0 Å². The minimum absolute atomic E-state index is 0.329. The Morgan fingerprint density at radius 3 is 2.61 bits per heavy atom. The molecule has 3 aromatic carbocycles. The molecular weight excluding hydrogens is 408 g/mol. The van der Waals surface area contributed by atoms with E-state index in [1.54, 1.807) is 0 Å². The number of hydrogen-bond acceptors (Lipinski definition) is 4. The van der Waals surface area contributed by atoms with E-state index in [0.717, 1.165) is 44.4 Å². The van der Waals surface area contributed by atoms with Gasteiger partial charge in [-0.2, -0.15) is 0 Å². The Morgan fingerprint density at radius 2 is 1.82 bits per heavy atom. The Balaban J connectivity index is 1.29. The third-order valence-electron chi connectivity index (χ3n) is 6.31. The summed E-state index contributed by atoms with van der Waals surface area (Å²) in [4.78, 5) is 0. The highest BCUT2D eigenvalue weighted by molar-refractivity contribution is 5.54. The molecule has 1 aliphatic rings. The smallest absolute Gasteiger partial charge is 0.119 e. The third kappa shape index (κ3) is 6.52. The number of aromatic hydroxyl groups is 1. The first kappa shape index (κ1) is 23.2. The molecule has 4 heteroatoms. The minimum Gasteiger partial charge on any atom is -0.508 e. The van der Waals surface area contributed by atoms with Crippen LogP contribution in [0.1, 0.15) is 54.9 Å².